The molecule has 0 unspecified atom stereocenters. The van der Waals surface area contributed by atoms with Gasteiger partial charge in [0.25, 0.3) is 0 Å². The summed E-state index contributed by atoms with van der Waals surface area (Å²) in [7, 11) is 0. The van der Waals surface area contributed by atoms with Gasteiger partial charge in [-0.3, -0.25) is 0 Å². The van der Waals surface area contributed by atoms with Gasteiger partial charge in [-0.2, -0.15) is 5.26 Å². The number of nitrogens with zero attached hydrogens (tertiary/aromatic N) is 1. The summed E-state index contributed by atoms with van der Waals surface area (Å²) >= 11 is 7.76. The van der Waals surface area contributed by atoms with E-state index in [2.05, 4.69) is 11.4 Å². The molecule has 1 N–H and O–H groups in total. The maximum atomic E-state index is 9.31. The fourth-order valence-corrected chi connectivity index (χ4v) is 2.69. The van der Waals surface area contributed by atoms with Crippen molar-refractivity contribution >= 4 is 34.7 Å². The third kappa shape index (κ3) is 2.86. The van der Waals surface area contributed by atoms with E-state index in [0.29, 0.717) is 10.6 Å². The van der Waals surface area contributed by atoms with E-state index in [1.807, 2.05) is 49.6 Å². The van der Waals surface area contributed by atoms with E-state index >= 15 is 0 Å². The minimum absolute atomic E-state index is 0.648. The van der Waals surface area contributed by atoms with Gasteiger partial charge in [0.1, 0.15) is 6.07 Å². The third-order valence-corrected chi connectivity index (χ3v) is 3.93. The number of para-hydroxylation sites is 1. The van der Waals surface area contributed by atoms with Crippen molar-refractivity contribution < 1.29 is 0 Å². The van der Waals surface area contributed by atoms with Crippen LogP contribution in [-0.4, -0.2) is 6.26 Å². The number of nitriles is 1. The van der Waals surface area contributed by atoms with Gasteiger partial charge in [-0.25, -0.2) is 0 Å². The molecule has 0 saturated carbocycles. The molecule has 19 heavy (non-hydrogen) atoms. The third-order valence-electron chi connectivity index (χ3n) is 2.84. The van der Waals surface area contributed by atoms with E-state index in [0.717, 1.165) is 21.8 Å². The molecular weight excluding hydrogens is 276 g/mol. The lowest BCUT2D eigenvalue weighted by molar-refractivity contribution is 1.35. The molecule has 96 valence electrons. The Hall–Kier alpha value is -1.63. The van der Waals surface area contributed by atoms with E-state index in [4.69, 9.17) is 11.6 Å². The summed E-state index contributed by atoms with van der Waals surface area (Å²) in [5.41, 5.74) is 3.32. The molecule has 0 atom stereocenters. The number of benzene rings is 2. The summed E-state index contributed by atoms with van der Waals surface area (Å²) in [6.07, 6.45) is 1.96. The molecule has 0 saturated heterocycles. The predicted octanol–water partition coefficient (Wildman–Crippen LogP) is 4.99. The summed E-state index contributed by atoms with van der Waals surface area (Å²) < 4.78 is 0. The zero-order valence-corrected chi connectivity index (χ0v) is 12.3. The molecule has 2 rings (SSSR count). The van der Waals surface area contributed by atoms with Gasteiger partial charge < -0.3 is 5.32 Å². The zero-order valence-electron chi connectivity index (χ0n) is 10.7. The van der Waals surface area contributed by atoms with Crippen LogP contribution in [0.2, 0.25) is 5.02 Å². The molecule has 0 aliphatic heterocycles. The van der Waals surface area contributed by atoms with Gasteiger partial charge in [0.15, 0.2) is 0 Å². The predicted molar refractivity (Wildman–Crippen MR) is 82.4 cm³/mol. The Morgan fingerprint density at radius 1 is 1.21 bits per heavy atom. The maximum absolute atomic E-state index is 9.31. The number of nitrogens with one attached hydrogen (secondary N) is 1. The molecule has 0 heterocycles. The van der Waals surface area contributed by atoms with Crippen LogP contribution < -0.4 is 5.32 Å². The largest absolute Gasteiger partial charge is 0.353 e. The molecule has 0 aliphatic rings. The molecule has 0 aromatic heterocycles. The first kappa shape index (κ1) is 13.8. The lowest BCUT2D eigenvalue weighted by Gasteiger charge is -2.14. The summed E-state index contributed by atoms with van der Waals surface area (Å²) in [6.45, 7) is 1.98. The Kier molecular flexibility index (Phi) is 4.36. The Morgan fingerprint density at radius 2 is 1.95 bits per heavy atom. The van der Waals surface area contributed by atoms with Crippen LogP contribution >= 0.6 is 23.4 Å². The Bertz CT molecular complexity index is 627. The zero-order chi connectivity index (χ0) is 13.8. The van der Waals surface area contributed by atoms with Gasteiger partial charge in [-0.05, 0) is 36.9 Å². The topological polar surface area (TPSA) is 35.8 Å². The van der Waals surface area contributed by atoms with Crippen LogP contribution in [0, 0.1) is 18.3 Å². The molecule has 2 aromatic carbocycles. The standard InChI is InChI=1S/C15H13ClN2S/c1-10-5-3-6-12(16)15(10)18-13-7-4-8-14(19-2)11(13)9-17/h3-8,18H,1-2H3. The van der Waals surface area contributed by atoms with Crippen LogP contribution in [0.4, 0.5) is 11.4 Å². The van der Waals surface area contributed by atoms with Gasteiger partial charge in [0.05, 0.1) is 22.0 Å². The van der Waals surface area contributed by atoms with Crippen molar-refractivity contribution in [3.63, 3.8) is 0 Å². The van der Waals surface area contributed by atoms with E-state index in [-0.39, 0.29) is 0 Å². The Balaban J connectivity index is 2.48. The molecule has 0 amide bonds. The van der Waals surface area contributed by atoms with Crippen LogP contribution in [0.5, 0.6) is 0 Å². The normalized spacial score (nSPS) is 10.0. The molecule has 2 aromatic rings. The van der Waals surface area contributed by atoms with Crippen molar-refractivity contribution in [3.8, 4) is 6.07 Å². The van der Waals surface area contributed by atoms with Crippen LogP contribution in [-0.2, 0) is 0 Å². The highest BCUT2D eigenvalue weighted by atomic mass is 35.5. The van der Waals surface area contributed by atoms with Gasteiger partial charge in [0, 0.05) is 4.90 Å². The van der Waals surface area contributed by atoms with Crippen molar-refractivity contribution in [2.75, 3.05) is 11.6 Å². The second kappa shape index (κ2) is 6.01. The van der Waals surface area contributed by atoms with Crippen LogP contribution in [0.15, 0.2) is 41.3 Å². The first-order valence-electron chi connectivity index (χ1n) is 5.76. The van der Waals surface area contributed by atoms with Crippen molar-refractivity contribution in [2.45, 2.75) is 11.8 Å². The van der Waals surface area contributed by atoms with Crippen LogP contribution in [0.1, 0.15) is 11.1 Å². The SMILES string of the molecule is CSc1cccc(Nc2c(C)cccc2Cl)c1C#N. The highest BCUT2D eigenvalue weighted by Gasteiger charge is 2.10. The number of hydrogen-bond acceptors (Lipinski definition) is 3. The number of anilines is 2. The fraction of sp³-hybridized carbons (Fsp3) is 0.133. The Labute approximate surface area is 122 Å². The number of halogens is 1. The minimum atomic E-state index is 0.648. The lowest BCUT2D eigenvalue weighted by Crippen LogP contribution is -1.97. The van der Waals surface area contributed by atoms with Crippen LogP contribution in [0.3, 0.4) is 0 Å². The molecular formula is C15H13ClN2S. The van der Waals surface area contributed by atoms with Gasteiger partial charge in [-0.15, -0.1) is 11.8 Å². The van der Waals surface area contributed by atoms with Crippen molar-refractivity contribution in [2.24, 2.45) is 0 Å². The fourth-order valence-electron chi connectivity index (χ4n) is 1.85. The number of rotatable bonds is 3. The number of thioether (sulfide) groups is 1. The van der Waals surface area contributed by atoms with Crippen LogP contribution in [0.25, 0.3) is 0 Å². The van der Waals surface area contributed by atoms with E-state index in [1.165, 1.54) is 0 Å². The summed E-state index contributed by atoms with van der Waals surface area (Å²) in [5.74, 6) is 0. The average molecular weight is 289 g/mol. The second-order valence-corrected chi connectivity index (χ2v) is 5.31. The highest BCUT2D eigenvalue weighted by molar-refractivity contribution is 7.98. The van der Waals surface area contributed by atoms with E-state index in [1.54, 1.807) is 11.8 Å². The quantitative estimate of drug-likeness (QED) is 0.809. The summed E-state index contributed by atoms with van der Waals surface area (Å²) in [4.78, 5) is 0.956. The molecule has 0 radical (unpaired) electrons. The van der Waals surface area contributed by atoms with Crippen molar-refractivity contribution in [1.29, 1.82) is 5.26 Å². The average Bonchev–Trinajstić information content (AvgIpc) is 2.42. The molecule has 0 bridgehead atoms. The summed E-state index contributed by atoms with van der Waals surface area (Å²) in [6, 6.07) is 13.7. The number of hydrogen-bond donors (Lipinski definition) is 1. The van der Waals surface area contributed by atoms with E-state index in [9.17, 15) is 5.26 Å². The number of aryl methyl sites for hydroxylation is 1. The van der Waals surface area contributed by atoms with Gasteiger partial charge in [0.2, 0.25) is 0 Å². The maximum Gasteiger partial charge on any atom is 0.103 e. The van der Waals surface area contributed by atoms with Gasteiger partial charge in [-0.1, -0.05) is 29.8 Å². The lowest BCUT2D eigenvalue weighted by atomic mass is 10.1. The highest BCUT2D eigenvalue weighted by Crippen LogP contribution is 2.32. The first-order chi connectivity index (χ1) is 9.17. The van der Waals surface area contributed by atoms with Crippen molar-refractivity contribution in [1.82, 2.24) is 0 Å². The monoisotopic (exact) mass is 288 g/mol. The minimum Gasteiger partial charge on any atom is -0.353 e. The molecule has 0 spiro atoms. The summed E-state index contributed by atoms with van der Waals surface area (Å²) in [5, 5.41) is 13.2. The molecule has 2 nitrogen and oxygen atoms in total. The molecule has 4 heteroatoms. The van der Waals surface area contributed by atoms with Crippen molar-refractivity contribution in [3.05, 3.63) is 52.5 Å². The first-order valence-corrected chi connectivity index (χ1v) is 7.37. The smallest absolute Gasteiger partial charge is 0.103 e. The van der Waals surface area contributed by atoms with Gasteiger partial charge >= 0.3 is 0 Å². The molecule has 0 fully saturated rings. The second-order valence-electron chi connectivity index (χ2n) is 4.05. The van der Waals surface area contributed by atoms with E-state index < -0.39 is 0 Å². The Morgan fingerprint density at radius 3 is 2.58 bits per heavy atom. The molecule has 0 aliphatic carbocycles.